The van der Waals surface area contributed by atoms with Gasteiger partial charge in [-0.15, -0.1) is 0 Å². The van der Waals surface area contributed by atoms with Crippen LogP contribution >= 0.6 is 11.8 Å². The predicted octanol–water partition coefficient (Wildman–Crippen LogP) is -18.7. The van der Waals surface area contributed by atoms with E-state index in [1.54, 1.807) is 11.8 Å². The monoisotopic (exact) mass is 1280 g/mol. The first kappa shape index (κ1) is 73.7. The van der Waals surface area contributed by atoms with Crippen molar-refractivity contribution in [3.8, 4) is 0 Å². The van der Waals surface area contributed by atoms with Crippen LogP contribution in [-0.4, -0.2) is 319 Å². The van der Waals surface area contributed by atoms with Crippen molar-refractivity contribution in [2.75, 3.05) is 45.3 Å². The Morgan fingerprint density at radius 2 is 1.13 bits per heavy atom. The number of thioether (sulfide) groups is 1. The summed E-state index contributed by atoms with van der Waals surface area (Å²) in [5.74, 6) is -2.62. The van der Waals surface area contributed by atoms with Crippen LogP contribution in [0.15, 0.2) is 0 Å². The van der Waals surface area contributed by atoms with E-state index < -0.39 is 202 Å². The van der Waals surface area contributed by atoms with Crippen molar-refractivity contribution in [1.29, 1.82) is 0 Å². The maximum Gasteiger partial charge on any atom is 1.00 e. The van der Waals surface area contributed by atoms with E-state index in [1.807, 2.05) is 0 Å². The van der Waals surface area contributed by atoms with Crippen LogP contribution in [0.3, 0.4) is 0 Å². The summed E-state index contributed by atoms with van der Waals surface area (Å²) < 4.78 is 94.5. The number of aliphatic carboxylic acids is 1. The zero-order valence-electron chi connectivity index (χ0n) is 45.3. The van der Waals surface area contributed by atoms with Crippen LogP contribution in [0.4, 0.5) is 4.79 Å². The molecule has 0 bridgehead atoms. The first-order chi connectivity index (χ1) is 38.8. The Kier molecular flexibility index (Phi) is 28.8. The molecule has 36 nitrogen and oxygen atoms in total. The number of aliphatic hydroxyl groups excluding tert-OH is 13. The molecule has 25 unspecified atom stereocenters. The number of unbranched alkanes of at least 4 members (excludes halogenated alkanes) is 1. The number of carbonyl (C=O) groups is 4. The average molecular weight is 1280 g/mol. The molecule has 7 fully saturated rings. The number of hydrogen-bond donors (Lipinski definition) is 17. The molecule has 0 aromatic heterocycles. The van der Waals surface area contributed by atoms with Crippen molar-refractivity contribution >= 4 is 46.0 Å². The van der Waals surface area contributed by atoms with E-state index in [0.717, 1.165) is 25.5 Å². The fraction of sp³-hybridized carbons (Fsp3) is 0.909. The number of fused-ring (bicyclic) bond motifs is 1. The molecule has 0 saturated carbocycles. The molecule has 0 aromatic carbocycles. The van der Waals surface area contributed by atoms with Gasteiger partial charge in [0.25, 0.3) is 0 Å². The van der Waals surface area contributed by atoms with Gasteiger partial charge >= 0.3 is 65.1 Å². The maximum absolute atomic E-state index is 12.6. The van der Waals surface area contributed by atoms with Gasteiger partial charge in [-0.05, 0) is 12.8 Å². The van der Waals surface area contributed by atoms with Gasteiger partial charge in [0.05, 0.1) is 51.1 Å². The number of hydrogen-bond acceptors (Lipinski definition) is 33. The number of amides is 4. The number of aliphatic hydroxyl groups is 13. The van der Waals surface area contributed by atoms with Gasteiger partial charge in [-0.2, -0.15) is 11.8 Å². The van der Waals surface area contributed by atoms with E-state index >= 15 is 0 Å². The Balaban J connectivity index is 0.00000645. The summed E-state index contributed by atoms with van der Waals surface area (Å²) in [6, 6.07) is -1.91. The van der Waals surface area contributed by atoms with Gasteiger partial charge in [-0.1, -0.05) is 6.42 Å². The van der Waals surface area contributed by atoms with Crippen molar-refractivity contribution < 1.29 is 214 Å². The van der Waals surface area contributed by atoms with Gasteiger partial charge in [-0.25, -0.2) is 13.2 Å². The van der Waals surface area contributed by atoms with Crippen LogP contribution in [-0.2, 0) is 76.3 Å². The molecule has 7 heterocycles. The number of ether oxygens (including phenoxy) is 10. The molecule has 17 N–H and O–H groups in total. The summed E-state index contributed by atoms with van der Waals surface area (Å²) >= 11 is 1.76. The van der Waals surface area contributed by atoms with Crippen LogP contribution < -0.4 is 85.5 Å². The SMILES string of the molecule is CC(=O)NC1C(OC2C(O)C(CO)OC(OC3C(CO)OC(OCCNC(=O)CCCC[C@@H]4SC[C@@H]5NC(=O)N[C@@H]54)C(O)C3O)C2O)OC(CO)C(OC2OC(CO)C(O)C(OC3OC(C(=O)[O-])C(O)C(OS(=O)(=O)[O-])C3O)C2O)C1O.[Na+].[Na+]. The van der Waals surface area contributed by atoms with Gasteiger partial charge in [0.1, 0.15) is 122 Å². The van der Waals surface area contributed by atoms with Crippen LogP contribution in [0.25, 0.3) is 0 Å². The minimum atomic E-state index is -5.78. The Morgan fingerprint density at radius 3 is 1.67 bits per heavy atom. The summed E-state index contributed by atoms with van der Waals surface area (Å²) in [6.45, 7) is -3.47. The maximum atomic E-state index is 12.6. The molecule has 0 radical (unpaired) electrons. The van der Waals surface area contributed by atoms with E-state index in [9.17, 15) is 104 Å². The molecule has 0 aliphatic carbocycles. The third kappa shape index (κ3) is 17.7. The topological polar surface area (TPSA) is 561 Å². The fourth-order valence-electron chi connectivity index (χ4n) is 10.5. The Morgan fingerprint density at radius 1 is 0.631 bits per heavy atom. The zero-order valence-corrected chi connectivity index (χ0v) is 51.0. The van der Waals surface area contributed by atoms with Gasteiger partial charge in [0.15, 0.2) is 31.5 Å². The molecule has 7 saturated heterocycles. The molecule has 4 amide bonds. The minimum Gasteiger partial charge on any atom is -0.726 e. The van der Waals surface area contributed by atoms with Gasteiger partial charge in [-0.3, -0.25) is 13.8 Å². The summed E-state index contributed by atoms with van der Waals surface area (Å²) in [7, 11) is -5.78. The standard InChI is InChI=1S/C44H72N4O32S2.2Na/c1-13(53)46-22-25(57)32(75-41-30(62)35(24(56)16(9-50)71-41)78-43-31(63)36(80-82(67,68)69)28(60)37(79-43)38(64)65)17(10-51)73-39(22)77-34-23(55)15(8-49)72-42(29(34)61)76-33-18(11-52)74-40(27(59)26(33)58)70-7-6-45-20(54)5-3-2-4-19-21-14(12-81-19)47-44(66)48-21;;/h14-19,21-37,39-43,49-52,55-63H,2-12H2,1H3,(H,45,54)(H,46,53)(H,64,65)(H2,47,48,66)(H,67,68,69);;/q;2*+1/p-2/t14-,15?,16?,17?,18?,19-,21-,22?,23?,24?,25?,26?,27?,28?,29?,30?,31?,32?,33?,34?,35?,36?,37?,39?,40?,41?,42?,43?;;/m0../s1. The number of rotatable bonds is 25. The second-order valence-electron chi connectivity index (χ2n) is 20.2. The van der Waals surface area contributed by atoms with Crippen molar-refractivity contribution in [2.24, 2.45) is 0 Å². The summed E-state index contributed by atoms with van der Waals surface area (Å²) in [5.41, 5.74) is 0. The fourth-order valence-corrected chi connectivity index (χ4v) is 12.5. The van der Waals surface area contributed by atoms with Crippen LogP contribution in [0, 0.1) is 0 Å². The molecule has 0 aromatic rings. The Bertz CT molecular complexity index is 2250. The molecule has 7 aliphatic rings. The van der Waals surface area contributed by atoms with E-state index in [4.69, 9.17) is 47.4 Å². The van der Waals surface area contributed by atoms with Crippen molar-refractivity contribution in [2.45, 2.75) is 203 Å². The van der Waals surface area contributed by atoms with Crippen molar-refractivity contribution in [1.82, 2.24) is 21.3 Å². The molecule has 28 atom stereocenters. The van der Waals surface area contributed by atoms with Crippen LogP contribution in [0.1, 0.15) is 32.6 Å². The smallest absolute Gasteiger partial charge is 0.726 e. The predicted molar refractivity (Wildman–Crippen MR) is 255 cm³/mol. The normalized spacial score (nSPS) is 43.2. The van der Waals surface area contributed by atoms with E-state index in [2.05, 4.69) is 25.5 Å². The van der Waals surface area contributed by atoms with Gasteiger partial charge < -0.3 is 149 Å². The van der Waals surface area contributed by atoms with Crippen molar-refractivity contribution in [3.05, 3.63) is 0 Å². The number of nitrogens with one attached hydrogen (secondary N) is 4. The van der Waals surface area contributed by atoms with Crippen molar-refractivity contribution in [3.63, 3.8) is 0 Å². The Labute approximate surface area is 526 Å². The second kappa shape index (κ2) is 32.8. The molecular formula is C44H70N4Na2O32S2. The summed E-state index contributed by atoms with van der Waals surface area (Å²) in [4.78, 5) is 48.6. The third-order valence-electron chi connectivity index (χ3n) is 14.6. The molecular weight excluding hydrogens is 1210 g/mol. The first-order valence-corrected chi connectivity index (χ1v) is 28.3. The zero-order chi connectivity index (χ0) is 60.1. The van der Waals surface area contributed by atoms with E-state index in [0.29, 0.717) is 6.42 Å². The average Bonchev–Trinajstić information content (AvgIpc) is 1.91. The number of carboxylic acid groups (broad SMARTS) is 1. The molecule has 7 aliphatic heterocycles. The number of carboxylic acids is 1. The number of urea groups is 1. The molecule has 84 heavy (non-hydrogen) atoms. The summed E-state index contributed by atoms with van der Waals surface area (Å²) in [6.07, 6.45) is -47.9. The quantitative estimate of drug-likeness (QED) is 0.0133. The molecule has 7 rings (SSSR count). The molecule has 40 heteroatoms. The van der Waals surface area contributed by atoms with Crippen LogP contribution in [0.2, 0.25) is 0 Å². The molecule has 0 spiro atoms. The van der Waals surface area contributed by atoms with E-state index in [1.165, 1.54) is 0 Å². The summed E-state index contributed by atoms with van der Waals surface area (Å²) in [5, 5.41) is 165. The van der Waals surface area contributed by atoms with Crippen LogP contribution in [0.5, 0.6) is 0 Å². The minimum absolute atomic E-state index is 0. The molecule has 472 valence electrons. The van der Waals surface area contributed by atoms with E-state index in [-0.39, 0.29) is 108 Å². The number of carbonyl (C=O) groups excluding carboxylic acids is 4. The largest absolute Gasteiger partial charge is 1.00 e. The van der Waals surface area contributed by atoms with Gasteiger partial charge in [0.2, 0.25) is 22.2 Å². The van der Waals surface area contributed by atoms with Gasteiger partial charge in [0, 0.05) is 30.9 Å². The third-order valence-corrected chi connectivity index (χ3v) is 16.6. The Hall–Kier alpha value is -1.02. The second-order valence-corrected chi connectivity index (χ2v) is 22.5. The first-order valence-electron chi connectivity index (χ1n) is 25.9.